The van der Waals surface area contributed by atoms with Crippen molar-refractivity contribution in [3.8, 4) is 0 Å². The Bertz CT molecular complexity index is 808. The van der Waals surface area contributed by atoms with Gasteiger partial charge in [0, 0.05) is 17.7 Å². The van der Waals surface area contributed by atoms with Crippen LogP contribution in [0.15, 0.2) is 54.2 Å². The minimum absolute atomic E-state index is 0.120. The standard InChI is InChI=1S/C17H14N2O5/c1-11-2-6-13(7-3-11)16(20)18-15(17(21)22)10-12-4-8-14(9-5-12)19(23)24/h2-10H,1H3,(H,18,20)(H,21,22)/p-1. The highest BCUT2D eigenvalue weighted by Gasteiger charge is 2.09. The number of nitro groups is 1. The minimum atomic E-state index is -1.56. The molecule has 7 heteroatoms. The quantitative estimate of drug-likeness (QED) is 0.507. The van der Waals surface area contributed by atoms with Gasteiger partial charge in [-0.05, 0) is 42.8 Å². The predicted octanol–water partition coefficient (Wildman–Crippen LogP) is 1.42. The van der Waals surface area contributed by atoms with E-state index in [0.717, 1.165) is 5.56 Å². The summed E-state index contributed by atoms with van der Waals surface area (Å²) in [4.78, 5) is 33.3. The second-order valence-electron chi connectivity index (χ2n) is 5.01. The number of hydrogen-bond acceptors (Lipinski definition) is 5. The molecular formula is C17H13N2O5-. The van der Waals surface area contributed by atoms with Crippen LogP contribution in [0, 0.1) is 17.0 Å². The SMILES string of the molecule is Cc1ccc(C(=O)NC(=Cc2ccc([N+](=O)[O-])cc2)C(=O)[O-])cc1. The van der Waals surface area contributed by atoms with Gasteiger partial charge >= 0.3 is 0 Å². The lowest BCUT2D eigenvalue weighted by molar-refractivity contribution is -0.384. The summed E-state index contributed by atoms with van der Waals surface area (Å²) in [7, 11) is 0. The molecule has 0 radical (unpaired) electrons. The maximum Gasteiger partial charge on any atom is 0.269 e. The molecule has 0 aliphatic heterocycles. The number of hydrogen-bond donors (Lipinski definition) is 1. The number of carboxylic acids is 1. The van der Waals surface area contributed by atoms with Gasteiger partial charge in [0.25, 0.3) is 11.6 Å². The maximum absolute atomic E-state index is 12.1. The number of carbonyl (C=O) groups excluding carboxylic acids is 2. The first-order valence-corrected chi connectivity index (χ1v) is 6.92. The van der Waals surface area contributed by atoms with Crippen LogP contribution in [0.25, 0.3) is 6.08 Å². The molecule has 0 saturated carbocycles. The molecule has 7 nitrogen and oxygen atoms in total. The van der Waals surface area contributed by atoms with E-state index in [1.165, 1.54) is 30.3 Å². The molecule has 2 rings (SSSR count). The smallest absolute Gasteiger partial charge is 0.269 e. The second-order valence-corrected chi connectivity index (χ2v) is 5.01. The third-order valence-corrected chi connectivity index (χ3v) is 3.20. The number of aliphatic carboxylic acids is 1. The fourth-order valence-electron chi connectivity index (χ4n) is 1.90. The topological polar surface area (TPSA) is 112 Å². The molecule has 0 spiro atoms. The molecule has 0 unspecified atom stereocenters. The third-order valence-electron chi connectivity index (χ3n) is 3.20. The van der Waals surface area contributed by atoms with Crippen molar-refractivity contribution in [2.75, 3.05) is 0 Å². The highest BCUT2D eigenvalue weighted by molar-refractivity contribution is 6.02. The second kappa shape index (κ2) is 7.19. The highest BCUT2D eigenvalue weighted by Crippen LogP contribution is 2.14. The van der Waals surface area contributed by atoms with Gasteiger partial charge in [0.05, 0.1) is 16.6 Å². The summed E-state index contributed by atoms with van der Waals surface area (Å²) in [5.74, 6) is -2.15. The van der Waals surface area contributed by atoms with Crippen molar-refractivity contribution in [1.82, 2.24) is 5.32 Å². The van der Waals surface area contributed by atoms with Gasteiger partial charge in [-0.15, -0.1) is 0 Å². The predicted molar refractivity (Wildman–Crippen MR) is 84.7 cm³/mol. The van der Waals surface area contributed by atoms with E-state index in [1.807, 2.05) is 6.92 Å². The van der Waals surface area contributed by atoms with Crippen molar-refractivity contribution < 1.29 is 19.6 Å². The van der Waals surface area contributed by atoms with E-state index < -0.39 is 22.5 Å². The molecule has 0 bridgehead atoms. The van der Waals surface area contributed by atoms with Gasteiger partial charge in [0.1, 0.15) is 0 Å². The highest BCUT2D eigenvalue weighted by atomic mass is 16.6. The first-order chi connectivity index (χ1) is 11.4. The first kappa shape index (κ1) is 16.9. The molecule has 1 amide bonds. The van der Waals surface area contributed by atoms with Gasteiger partial charge in [-0.25, -0.2) is 0 Å². The molecule has 0 atom stereocenters. The van der Waals surface area contributed by atoms with Crippen LogP contribution in [-0.2, 0) is 4.79 Å². The number of benzene rings is 2. The van der Waals surface area contributed by atoms with Gasteiger partial charge in [-0.1, -0.05) is 17.7 Å². The Hall–Kier alpha value is -3.48. The number of amides is 1. The number of aryl methyl sites for hydroxylation is 1. The summed E-state index contributed by atoms with van der Waals surface area (Å²) >= 11 is 0. The molecule has 2 aromatic carbocycles. The fraction of sp³-hybridized carbons (Fsp3) is 0.0588. The number of nitrogens with zero attached hydrogens (tertiary/aromatic N) is 1. The van der Waals surface area contributed by atoms with Gasteiger partial charge < -0.3 is 15.2 Å². The van der Waals surface area contributed by atoms with Crippen molar-refractivity contribution >= 4 is 23.6 Å². The van der Waals surface area contributed by atoms with Crippen molar-refractivity contribution in [3.05, 3.63) is 81.0 Å². The molecule has 0 aromatic heterocycles. The lowest BCUT2D eigenvalue weighted by atomic mass is 10.1. The molecule has 0 heterocycles. The van der Waals surface area contributed by atoms with E-state index in [9.17, 15) is 24.8 Å². The zero-order valence-electron chi connectivity index (χ0n) is 12.7. The molecule has 0 aliphatic carbocycles. The van der Waals surface area contributed by atoms with Gasteiger partial charge in [0.2, 0.25) is 0 Å². The lowest BCUT2D eigenvalue weighted by Gasteiger charge is -2.11. The van der Waals surface area contributed by atoms with Crippen LogP contribution in [0.2, 0.25) is 0 Å². The molecule has 122 valence electrons. The summed E-state index contributed by atoms with van der Waals surface area (Å²) in [6.45, 7) is 1.86. The molecule has 0 fully saturated rings. The zero-order chi connectivity index (χ0) is 17.7. The monoisotopic (exact) mass is 325 g/mol. The summed E-state index contributed by atoms with van der Waals surface area (Å²) in [5, 5.41) is 24.1. The average molecular weight is 325 g/mol. The Balaban J connectivity index is 2.22. The number of carboxylic acid groups (broad SMARTS) is 1. The average Bonchev–Trinajstić information content (AvgIpc) is 2.55. The zero-order valence-corrected chi connectivity index (χ0v) is 12.7. The molecule has 24 heavy (non-hydrogen) atoms. The van der Waals surface area contributed by atoms with Gasteiger partial charge in [-0.3, -0.25) is 14.9 Å². The van der Waals surface area contributed by atoms with Crippen molar-refractivity contribution in [1.29, 1.82) is 0 Å². The van der Waals surface area contributed by atoms with Crippen molar-refractivity contribution in [2.24, 2.45) is 0 Å². The van der Waals surface area contributed by atoms with Crippen molar-refractivity contribution in [3.63, 3.8) is 0 Å². The number of nitrogens with one attached hydrogen (secondary N) is 1. The van der Waals surface area contributed by atoms with Crippen LogP contribution in [0.4, 0.5) is 5.69 Å². The van der Waals surface area contributed by atoms with E-state index >= 15 is 0 Å². The summed E-state index contributed by atoms with van der Waals surface area (Å²) in [6, 6.07) is 11.8. The molecular weight excluding hydrogens is 312 g/mol. The normalized spacial score (nSPS) is 11.0. The number of rotatable bonds is 5. The van der Waals surface area contributed by atoms with Crippen LogP contribution in [0.3, 0.4) is 0 Å². The van der Waals surface area contributed by atoms with E-state index in [0.29, 0.717) is 11.1 Å². The number of carbonyl (C=O) groups is 2. The fourth-order valence-corrected chi connectivity index (χ4v) is 1.90. The first-order valence-electron chi connectivity index (χ1n) is 6.92. The Labute approximate surface area is 137 Å². The van der Waals surface area contributed by atoms with E-state index in [1.54, 1.807) is 24.3 Å². The Morgan fingerprint density at radius 1 is 1.04 bits per heavy atom. The lowest BCUT2D eigenvalue weighted by Crippen LogP contribution is -2.35. The Kier molecular flexibility index (Phi) is 5.06. The van der Waals surface area contributed by atoms with Gasteiger partial charge in [0.15, 0.2) is 0 Å². The van der Waals surface area contributed by atoms with E-state index in [2.05, 4.69) is 5.32 Å². The van der Waals surface area contributed by atoms with Crippen LogP contribution in [0.1, 0.15) is 21.5 Å². The third kappa shape index (κ3) is 4.26. The molecule has 0 aliphatic rings. The van der Waals surface area contributed by atoms with Gasteiger partial charge in [-0.2, -0.15) is 0 Å². The summed E-state index contributed by atoms with van der Waals surface area (Å²) in [6.07, 6.45) is 1.17. The van der Waals surface area contributed by atoms with E-state index in [-0.39, 0.29) is 5.69 Å². The summed E-state index contributed by atoms with van der Waals surface area (Å²) < 4.78 is 0. The van der Waals surface area contributed by atoms with Crippen molar-refractivity contribution in [2.45, 2.75) is 6.92 Å². The largest absolute Gasteiger partial charge is 0.543 e. The van der Waals surface area contributed by atoms with Crippen LogP contribution in [-0.4, -0.2) is 16.8 Å². The van der Waals surface area contributed by atoms with Crippen LogP contribution < -0.4 is 10.4 Å². The number of non-ortho nitro benzene ring substituents is 1. The number of nitro benzene ring substituents is 1. The Morgan fingerprint density at radius 2 is 1.62 bits per heavy atom. The molecule has 1 N–H and O–H groups in total. The molecule has 0 saturated heterocycles. The van der Waals surface area contributed by atoms with Crippen LogP contribution >= 0.6 is 0 Å². The maximum atomic E-state index is 12.1. The minimum Gasteiger partial charge on any atom is -0.543 e. The summed E-state index contributed by atoms with van der Waals surface area (Å²) in [5.41, 5.74) is 1.09. The Morgan fingerprint density at radius 3 is 2.12 bits per heavy atom. The molecule has 2 aromatic rings. The van der Waals surface area contributed by atoms with Crippen LogP contribution in [0.5, 0.6) is 0 Å². The van der Waals surface area contributed by atoms with E-state index in [4.69, 9.17) is 0 Å².